The van der Waals surface area contributed by atoms with Crippen LogP contribution in [-0.4, -0.2) is 66.6 Å². The van der Waals surface area contributed by atoms with Crippen LogP contribution >= 0.6 is 0 Å². The summed E-state index contributed by atoms with van der Waals surface area (Å²) >= 11 is 0. The van der Waals surface area contributed by atoms with Crippen LogP contribution in [0.15, 0.2) is 12.2 Å². The molecule has 0 saturated heterocycles. The number of sulfonamides is 1. The fraction of sp³-hybridized carbons (Fsp3) is 0.762. The first-order valence-electron chi connectivity index (χ1n) is 11.1. The number of hydrogen-bond donors (Lipinski definition) is 3. The molecule has 0 aromatic rings. The zero-order valence-corrected chi connectivity index (χ0v) is 18.6. The van der Waals surface area contributed by atoms with Gasteiger partial charge in [-0.05, 0) is 51.4 Å². The van der Waals surface area contributed by atoms with Crippen LogP contribution in [0.5, 0.6) is 0 Å². The van der Waals surface area contributed by atoms with E-state index in [4.69, 9.17) is 0 Å². The molecule has 9 nitrogen and oxygen atoms in total. The molecule has 10 heteroatoms. The summed E-state index contributed by atoms with van der Waals surface area (Å²) in [6, 6.07) is 0. The summed E-state index contributed by atoms with van der Waals surface area (Å²) in [5.41, 5.74) is -1.33. The second-order valence-electron chi connectivity index (χ2n) is 9.47. The number of fused-ring (bicyclic) bond motifs is 2. The van der Waals surface area contributed by atoms with E-state index in [1.807, 2.05) is 12.2 Å². The van der Waals surface area contributed by atoms with Gasteiger partial charge in [-0.15, -0.1) is 0 Å². The fourth-order valence-corrected chi connectivity index (χ4v) is 6.18. The van der Waals surface area contributed by atoms with E-state index in [0.717, 1.165) is 19.3 Å². The van der Waals surface area contributed by atoms with E-state index in [-0.39, 0.29) is 24.7 Å². The van der Waals surface area contributed by atoms with Crippen LogP contribution in [0, 0.1) is 17.8 Å². The van der Waals surface area contributed by atoms with Gasteiger partial charge in [0.25, 0.3) is 5.91 Å². The minimum Gasteiger partial charge on any atom is -0.393 e. The number of rotatable bonds is 3. The SMILES string of the molecule is CN1CCCC/C=C\[C@H]2C[C@@]2(C(=O)NS(=O)(=O)C2CC2)NC(=O)C2C[C@@H](O)C[C@H]2C1=O. The number of aliphatic hydroxyl groups excluding tert-OH is 1. The fourth-order valence-electron chi connectivity index (χ4n) is 4.81. The summed E-state index contributed by atoms with van der Waals surface area (Å²) in [5.74, 6) is -3.06. The van der Waals surface area contributed by atoms with Gasteiger partial charge in [-0.1, -0.05) is 12.2 Å². The van der Waals surface area contributed by atoms with Gasteiger partial charge < -0.3 is 15.3 Å². The Morgan fingerprint density at radius 3 is 2.65 bits per heavy atom. The molecule has 3 fully saturated rings. The van der Waals surface area contributed by atoms with Gasteiger partial charge in [0.15, 0.2) is 0 Å². The molecule has 4 rings (SSSR count). The maximum absolute atomic E-state index is 13.2. The van der Waals surface area contributed by atoms with Crippen molar-refractivity contribution < 1.29 is 27.9 Å². The zero-order chi connectivity index (χ0) is 22.4. The highest BCUT2D eigenvalue weighted by Crippen LogP contribution is 2.46. The van der Waals surface area contributed by atoms with Crippen molar-refractivity contribution in [3.63, 3.8) is 0 Å². The van der Waals surface area contributed by atoms with E-state index in [1.54, 1.807) is 11.9 Å². The lowest BCUT2D eigenvalue weighted by atomic mass is 9.93. The number of hydrogen-bond acceptors (Lipinski definition) is 6. The van der Waals surface area contributed by atoms with Crippen molar-refractivity contribution in [1.29, 1.82) is 0 Å². The maximum Gasteiger partial charge on any atom is 0.259 e. The molecular weight excluding hydrogens is 422 g/mol. The normalized spacial score (nSPS) is 37.8. The molecule has 0 aromatic carbocycles. The molecule has 1 heterocycles. The minimum absolute atomic E-state index is 0.147. The van der Waals surface area contributed by atoms with Crippen molar-refractivity contribution >= 4 is 27.7 Å². The van der Waals surface area contributed by atoms with Gasteiger partial charge in [0.05, 0.1) is 23.2 Å². The molecule has 0 spiro atoms. The van der Waals surface area contributed by atoms with Gasteiger partial charge in [-0.2, -0.15) is 0 Å². The van der Waals surface area contributed by atoms with Crippen LogP contribution in [0.1, 0.15) is 51.4 Å². The third-order valence-corrected chi connectivity index (χ3v) is 8.83. The lowest BCUT2D eigenvalue weighted by Gasteiger charge is -2.26. The smallest absolute Gasteiger partial charge is 0.259 e. The molecule has 3 N–H and O–H groups in total. The molecule has 1 unspecified atom stereocenters. The third-order valence-electron chi connectivity index (χ3n) is 7.01. The number of carbonyl (C=O) groups excluding carboxylic acids is 3. The average molecular weight is 454 g/mol. The van der Waals surface area contributed by atoms with Crippen LogP contribution in [0.4, 0.5) is 0 Å². The average Bonchev–Trinajstić information content (AvgIpc) is 3.61. The second kappa shape index (κ2) is 8.20. The van der Waals surface area contributed by atoms with Crippen molar-refractivity contribution in [3.8, 4) is 0 Å². The van der Waals surface area contributed by atoms with Gasteiger partial charge in [0.2, 0.25) is 21.8 Å². The Bertz CT molecular complexity index is 899. The summed E-state index contributed by atoms with van der Waals surface area (Å²) < 4.78 is 26.8. The Labute approximate surface area is 182 Å². The zero-order valence-electron chi connectivity index (χ0n) is 17.7. The van der Waals surface area contributed by atoms with E-state index < -0.39 is 50.6 Å². The van der Waals surface area contributed by atoms with E-state index in [1.165, 1.54) is 0 Å². The van der Waals surface area contributed by atoms with Crippen molar-refractivity contribution in [2.45, 2.75) is 68.3 Å². The third kappa shape index (κ3) is 4.50. The van der Waals surface area contributed by atoms with Gasteiger partial charge >= 0.3 is 0 Å². The van der Waals surface area contributed by atoms with Crippen LogP contribution in [0.3, 0.4) is 0 Å². The second-order valence-corrected chi connectivity index (χ2v) is 11.4. The van der Waals surface area contributed by atoms with Crippen molar-refractivity contribution in [1.82, 2.24) is 14.9 Å². The van der Waals surface area contributed by atoms with Crippen molar-refractivity contribution in [2.75, 3.05) is 13.6 Å². The summed E-state index contributed by atoms with van der Waals surface area (Å²) in [4.78, 5) is 40.7. The molecule has 31 heavy (non-hydrogen) atoms. The quantitative estimate of drug-likeness (QED) is 0.518. The first-order valence-corrected chi connectivity index (χ1v) is 12.7. The summed E-state index contributed by atoms with van der Waals surface area (Å²) in [7, 11) is -2.04. The number of amides is 3. The number of carbonyl (C=O) groups is 3. The predicted octanol–water partition coefficient (Wildman–Crippen LogP) is 0.0553. The molecule has 3 amide bonds. The summed E-state index contributed by atoms with van der Waals surface area (Å²) in [5, 5.41) is 12.4. The molecule has 0 radical (unpaired) electrons. The number of nitrogens with zero attached hydrogens (tertiary/aromatic N) is 1. The Morgan fingerprint density at radius 2 is 1.94 bits per heavy atom. The van der Waals surface area contributed by atoms with Crippen LogP contribution < -0.4 is 10.0 Å². The van der Waals surface area contributed by atoms with E-state index in [9.17, 15) is 27.9 Å². The Morgan fingerprint density at radius 1 is 1.23 bits per heavy atom. The standard InChI is InChI=1S/C21H31N3O6S/c1-24-9-5-3-2-4-6-13-12-21(13,20(28)23-31(29,30)15-7-8-15)22-18(26)16-10-14(25)11-17(16)19(24)27/h4,6,13-17,25H,2-3,5,7-12H2,1H3,(H,22,26)(H,23,28)/b6-4-/t13-,14+,16?,17+,21+/m0/s1. The van der Waals surface area contributed by atoms with Crippen LogP contribution in [0.2, 0.25) is 0 Å². The molecule has 172 valence electrons. The molecule has 3 aliphatic carbocycles. The molecule has 0 bridgehead atoms. The lowest BCUT2D eigenvalue weighted by molar-refractivity contribution is -0.140. The molecule has 1 aliphatic heterocycles. The van der Waals surface area contributed by atoms with Crippen molar-refractivity contribution in [2.24, 2.45) is 17.8 Å². The van der Waals surface area contributed by atoms with Gasteiger partial charge in [0, 0.05) is 19.5 Å². The molecule has 3 saturated carbocycles. The molecule has 5 atom stereocenters. The largest absolute Gasteiger partial charge is 0.393 e. The highest BCUT2D eigenvalue weighted by molar-refractivity contribution is 7.91. The Kier molecular flexibility index (Phi) is 5.89. The lowest BCUT2D eigenvalue weighted by Crippen LogP contribution is -2.54. The van der Waals surface area contributed by atoms with Gasteiger partial charge in [0.1, 0.15) is 5.54 Å². The summed E-state index contributed by atoms with van der Waals surface area (Å²) in [6.07, 6.45) is 7.27. The maximum atomic E-state index is 13.2. The number of nitrogens with one attached hydrogen (secondary N) is 2. The number of allylic oxidation sites excluding steroid dienone is 1. The van der Waals surface area contributed by atoms with E-state index in [0.29, 0.717) is 25.8 Å². The van der Waals surface area contributed by atoms with E-state index in [2.05, 4.69) is 10.0 Å². The topological polar surface area (TPSA) is 133 Å². The van der Waals surface area contributed by atoms with Gasteiger partial charge in [-0.3, -0.25) is 19.1 Å². The molecule has 0 aromatic heterocycles. The van der Waals surface area contributed by atoms with E-state index >= 15 is 0 Å². The molecular formula is C21H31N3O6S. The minimum atomic E-state index is -3.74. The Balaban J connectivity index is 1.58. The molecule has 4 aliphatic rings. The van der Waals surface area contributed by atoms with Crippen LogP contribution in [0.25, 0.3) is 0 Å². The predicted molar refractivity (Wildman–Crippen MR) is 112 cm³/mol. The first-order chi connectivity index (χ1) is 14.6. The highest BCUT2D eigenvalue weighted by Gasteiger charge is 2.62. The Hall–Kier alpha value is -1.94. The van der Waals surface area contributed by atoms with Crippen LogP contribution in [-0.2, 0) is 24.4 Å². The summed E-state index contributed by atoms with van der Waals surface area (Å²) in [6.45, 7) is 0.586. The van der Waals surface area contributed by atoms with Crippen molar-refractivity contribution in [3.05, 3.63) is 12.2 Å². The van der Waals surface area contributed by atoms with Gasteiger partial charge in [-0.25, -0.2) is 8.42 Å². The monoisotopic (exact) mass is 453 g/mol. The first kappa shape index (κ1) is 22.3. The highest BCUT2D eigenvalue weighted by atomic mass is 32.2. The number of aliphatic hydroxyl groups is 1.